The topological polar surface area (TPSA) is 29.5 Å². The van der Waals surface area contributed by atoms with Gasteiger partial charge in [-0.1, -0.05) is 39.0 Å². The third-order valence-electron chi connectivity index (χ3n) is 2.98. The van der Waals surface area contributed by atoms with E-state index in [1.54, 1.807) is 0 Å². The predicted octanol–water partition coefficient (Wildman–Crippen LogP) is 3.03. The van der Waals surface area contributed by atoms with Gasteiger partial charge in [0.05, 0.1) is 6.61 Å². The van der Waals surface area contributed by atoms with E-state index in [4.69, 9.17) is 4.74 Å². The molecular weight excluding hydrogens is 200 g/mol. The largest absolute Gasteiger partial charge is 0.493 e. The van der Waals surface area contributed by atoms with Crippen LogP contribution in [0.2, 0.25) is 0 Å². The van der Waals surface area contributed by atoms with Crippen molar-refractivity contribution in [3.05, 3.63) is 29.8 Å². The second-order valence-electron chi connectivity index (χ2n) is 5.32. The Labute approximate surface area is 98.3 Å². The number of hydrogen-bond acceptors (Lipinski definition) is 2. The molecule has 90 valence electrons. The Morgan fingerprint density at radius 1 is 1.25 bits per heavy atom. The molecule has 0 aromatic heterocycles. The second kappa shape index (κ2) is 5.35. The summed E-state index contributed by atoms with van der Waals surface area (Å²) < 4.78 is 5.76. The smallest absolute Gasteiger partial charge is 0.122 e. The van der Waals surface area contributed by atoms with Crippen molar-refractivity contribution < 1.29 is 9.84 Å². The van der Waals surface area contributed by atoms with E-state index in [0.717, 1.165) is 11.3 Å². The van der Waals surface area contributed by atoms with E-state index in [0.29, 0.717) is 6.61 Å². The van der Waals surface area contributed by atoms with Crippen LogP contribution in [-0.4, -0.2) is 18.3 Å². The van der Waals surface area contributed by atoms with E-state index in [1.165, 1.54) is 0 Å². The maximum Gasteiger partial charge on any atom is 0.122 e. The van der Waals surface area contributed by atoms with Crippen LogP contribution < -0.4 is 4.74 Å². The molecule has 2 nitrogen and oxygen atoms in total. The van der Waals surface area contributed by atoms with Gasteiger partial charge < -0.3 is 9.84 Å². The molecule has 1 atom stereocenters. The van der Waals surface area contributed by atoms with Crippen molar-refractivity contribution >= 4 is 0 Å². The number of aryl methyl sites for hydroxylation is 1. The van der Waals surface area contributed by atoms with E-state index in [1.807, 2.05) is 31.2 Å². The molecule has 0 bridgehead atoms. The van der Waals surface area contributed by atoms with Crippen molar-refractivity contribution in [2.75, 3.05) is 13.2 Å². The first-order chi connectivity index (χ1) is 7.45. The lowest BCUT2D eigenvalue weighted by Crippen LogP contribution is -2.29. The minimum absolute atomic E-state index is 0.0669. The Bertz CT molecular complexity index is 326. The van der Waals surface area contributed by atoms with Crippen LogP contribution in [0.4, 0.5) is 0 Å². The molecule has 16 heavy (non-hydrogen) atoms. The maximum absolute atomic E-state index is 9.33. The first-order valence-electron chi connectivity index (χ1n) is 5.74. The number of aliphatic hydroxyl groups is 1. The molecular formula is C14H22O2. The van der Waals surface area contributed by atoms with Crippen LogP contribution in [0.1, 0.15) is 26.3 Å². The van der Waals surface area contributed by atoms with Crippen molar-refractivity contribution in [1.82, 2.24) is 0 Å². The molecule has 0 saturated heterocycles. The quantitative estimate of drug-likeness (QED) is 0.848. The first-order valence-corrected chi connectivity index (χ1v) is 5.74. The second-order valence-corrected chi connectivity index (χ2v) is 5.32. The normalized spacial score (nSPS) is 13.6. The highest BCUT2D eigenvalue weighted by molar-refractivity contribution is 5.31. The fourth-order valence-electron chi connectivity index (χ4n) is 1.49. The fraction of sp³-hybridized carbons (Fsp3) is 0.571. The summed E-state index contributed by atoms with van der Waals surface area (Å²) in [4.78, 5) is 0. The van der Waals surface area contributed by atoms with Crippen molar-refractivity contribution in [3.63, 3.8) is 0 Å². The highest BCUT2D eigenvalue weighted by Crippen LogP contribution is 2.27. The molecule has 2 heteroatoms. The molecule has 0 aliphatic carbocycles. The monoisotopic (exact) mass is 222 g/mol. The number of para-hydroxylation sites is 1. The van der Waals surface area contributed by atoms with E-state index < -0.39 is 0 Å². The zero-order valence-corrected chi connectivity index (χ0v) is 10.7. The molecule has 1 aromatic rings. The standard InChI is InChI=1S/C14H22O2/c1-11-7-5-6-8-13(11)16-10-12(9-15)14(2,3)4/h5-8,12,15H,9-10H2,1-4H3. The van der Waals surface area contributed by atoms with Crippen LogP contribution in [0.3, 0.4) is 0 Å². The van der Waals surface area contributed by atoms with Crippen molar-refractivity contribution in [3.8, 4) is 5.75 Å². The van der Waals surface area contributed by atoms with Gasteiger partial charge in [-0.15, -0.1) is 0 Å². The van der Waals surface area contributed by atoms with Gasteiger partial charge >= 0.3 is 0 Å². The van der Waals surface area contributed by atoms with E-state index in [9.17, 15) is 5.11 Å². The first kappa shape index (κ1) is 13.0. The zero-order chi connectivity index (χ0) is 12.2. The van der Waals surface area contributed by atoms with Crippen LogP contribution in [0.5, 0.6) is 5.75 Å². The summed E-state index contributed by atoms with van der Waals surface area (Å²) in [5.41, 5.74) is 1.20. The van der Waals surface area contributed by atoms with Gasteiger partial charge in [0.25, 0.3) is 0 Å². The fourth-order valence-corrected chi connectivity index (χ4v) is 1.49. The summed E-state index contributed by atoms with van der Waals surface area (Å²) in [6, 6.07) is 7.95. The zero-order valence-electron chi connectivity index (χ0n) is 10.7. The van der Waals surface area contributed by atoms with Gasteiger partial charge in [0.15, 0.2) is 0 Å². The molecule has 0 heterocycles. The van der Waals surface area contributed by atoms with Crippen LogP contribution in [0, 0.1) is 18.3 Å². The summed E-state index contributed by atoms with van der Waals surface area (Å²) in [5, 5.41) is 9.33. The lowest BCUT2D eigenvalue weighted by Gasteiger charge is -2.29. The van der Waals surface area contributed by atoms with Crippen LogP contribution >= 0.6 is 0 Å². The molecule has 0 radical (unpaired) electrons. The molecule has 1 N–H and O–H groups in total. The van der Waals surface area contributed by atoms with Crippen molar-refractivity contribution in [1.29, 1.82) is 0 Å². The Morgan fingerprint density at radius 2 is 1.88 bits per heavy atom. The molecule has 0 aliphatic heterocycles. The number of benzene rings is 1. The Morgan fingerprint density at radius 3 is 2.38 bits per heavy atom. The van der Waals surface area contributed by atoms with Gasteiger partial charge in [-0.25, -0.2) is 0 Å². The SMILES string of the molecule is Cc1ccccc1OCC(CO)C(C)(C)C. The van der Waals surface area contributed by atoms with Crippen LogP contribution in [0.25, 0.3) is 0 Å². The summed E-state index contributed by atoms with van der Waals surface area (Å²) in [6.07, 6.45) is 0. The number of hydrogen-bond donors (Lipinski definition) is 1. The van der Waals surface area contributed by atoms with Crippen molar-refractivity contribution in [2.45, 2.75) is 27.7 Å². The number of ether oxygens (including phenoxy) is 1. The van der Waals surface area contributed by atoms with Gasteiger partial charge in [-0.05, 0) is 24.0 Å². The Kier molecular flexibility index (Phi) is 4.36. The number of aliphatic hydroxyl groups excluding tert-OH is 1. The van der Waals surface area contributed by atoms with Gasteiger partial charge in [-0.2, -0.15) is 0 Å². The third kappa shape index (κ3) is 3.53. The van der Waals surface area contributed by atoms with E-state index in [-0.39, 0.29) is 17.9 Å². The van der Waals surface area contributed by atoms with Crippen molar-refractivity contribution in [2.24, 2.45) is 11.3 Å². The molecule has 0 saturated carbocycles. The average Bonchev–Trinajstić information content (AvgIpc) is 2.19. The van der Waals surface area contributed by atoms with Gasteiger partial charge in [0.2, 0.25) is 0 Å². The summed E-state index contributed by atoms with van der Waals surface area (Å²) in [5.74, 6) is 1.07. The Balaban J connectivity index is 2.60. The van der Waals surface area contributed by atoms with Crippen LogP contribution in [-0.2, 0) is 0 Å². The highest BCUT2D eigenvalue weighted by atomic mass is 16.5. The third-order valence-corrected chi connectivity index (χ3v) is 2.98. The van der Waals surface area contributed by atoms with Gasteiger partial charge in [0, 0.05) is 12.5 Å². The minimum atomic E-state index is 0.0669. The van der Waals surface area contributed by atoms with E-state index in [2.05, 4.69) is 20.8 Å². The molecule has 0 aliphatic rings. The molecule has 0 spiro atoms. The number of rotatable bonds is 4. The molecule has 0 amide bonds. The molecule has 1 rings (SSSR count). The molecule has 1 aromatic carbocycles. The average molecular weight is 222 g/mol. The summed E-state index contributed by atoms with van der Waals surface area (Å²) in [7, 11) is 0. The van der Waals surface area contributed by atoms with E-state index >= 15 is 0 Å². The summed E-state index contributed by atoms with van der Waals surface area (Å²) >= 11 is 0. The summed E-state index contributed by atoms with van der Waals surface area (Å²) in [6.45, 7) is 9.11. The minimum Gasteiger partial charge on any atom is -0.493 e. The molecule has 0 fully saturated rings. The van der Waals surface area contributed by atoms with Gasteiger partial charge in [-0.3, -0.25) is 0 Å². The molecule has 1 unspecified atom stereocenters. The van der Waals surface area contributed by atoms with Gasteiger partial charge in [0.1, 0.15) is 5.75 Å². The predicted molar refractivity (Wildman–Crippen MR) is 66.7 cm³/mol. The maximum atomic E-state index is 9.33. The lowest BCUT2D eigenvalue weighted by atomic mass is 9.82. The van der Waals surface area contributed by atoms with Crippen LogP contribution in [0.15, 0.2) is 24.3 Å². The lowest BCUT2D eigenvalue weighted by molar-refractivity contribution is 0.0815. The highest BCUT2D eigenvalue weighted by Gasteiger charge is 2.24. The Hall–Kier alpha value is -1.02.